The van der Waals surface area contributed by atoms with Gasteiger partial charge in [0.15, 0.2) is 0 Å². The third kappa shape index (κ3) is 5.46. The maximum absolute atomic E-state index is 2.52. The second-order valence-corrected chi connectivity index (χ2v) is 15.1. The van der Waals surface area contributed by atoms with Crippen LogP contribution in [0.1, 0.15) is 37.8 Å². The van der Waals surface area contributed by atoms with Crippen LogP contribution >= 0.6 is 0 Å². The van der Waals surface area contributed by atoms with Gasteiger partial charge in [0.25, 0.3) is 0 Å². The Kier molecular flexibility index (Phi) is 8.37. The zero-order valence-electron chi connectivity index (χ0n) is 31.9. The standard InChI is InChI=1S/C55H43N/c1-3-55(4-2)51-25-15-14-24-50(51)53-52(55)37-43-20-10-11-23-49(43)54(53)56(45-32-28-40(29-33-45)38-16-6-5-7-17-38)46-34-30-41(31-35-46)47-21-12-13-22-48(47)44-27-26-39-18-8-9-19-42(39)36-44/h5-37H,3-4H2,1-2H3. The van der Waals surface area contributed by atoms with Crippen molar-refractivity contribution >= 4 is 38.6 Å². The van der Waals surface area contributed by atoms with E-state index in [4.69, 9.17) is 0 Å². The Morgan fingerprint density at radius 1 is 0.375 bits per heavy atom. The Morgan fingerprint density at radius 3 is 1.59 bits per heavy atom. The van der Waals surface area contributed by atoms with Gasteiger partial charge in [0.2, 0.25) is 0 Å². The molecule has 0 aromatic heterocycles. The van der Waals surface area contributed by atoms with Crippen molar-refractivity contribution in [2.24, 2.45) is 0 Å². The minimum atomic E-state index is -0.0517. The number of rotatable bonds is 8. The zero-order chi connectivity index (χ0) is 37.6. The van der Waals surface area contributed by atoms with E-state index in [1.54, 1.807) is 0 Å². The van der Waals surface area contributed by atoms with E-state index in [0.29, 0.717) is 0 Å². The second kappa shape index (κ2) is 13.9. The van der Waals surface area contributed by atoms with Crippen LogP contribution in [0.25, 0.3) is 66.1 Å². The molecular formula is C55H43N. The molecule has 0 spiro atoms. The molecule has 0 unspecified atom stereocenters. The van der Waals surface area contributed by atoms with Crippen LogP contribution in [0.15, 0.2) is 200 Å². The summed E-state index contributed by atoms with van der Waals surface area (Å²) >= 11 is 0. The first-order valence-corrected chi connectivity index (χ1v) is 20.0. The molecule has 0 aliphatic heterocycles. The van der Waals surface area contributed by atoms with Crippen molar-refractivity contribution in [1.29, 1.82) is 0 Å². The third-order valence-corrected chi connectivity index (χ3v) is 12.3. The average Bonchev–Trinajstić information content (AvgIpc) is 3.56. The van der Waals surface area contributed by atoms with E-state index in [9.17, 15) is 0 Å². The Labute approximate surface area is 330 Å². The number of hydrogen-bond acceptors (Lipinski definition) is 1. The van der Waals surface area contributed by atoms with Crippen molar-refractivity contribution < 1.29 is 0 Å². The van der Waals surface area contributed by atoms with Crippen LogP contribution in [0.2, 0.25) is 0 Å². The van der Waals surface area contributed by atoms with Crippen LogP contribution in [0.5, 0.6) is 0 Å². The molecule has 0 saturated heterocycles. The monoisotopic (exact) mass is 717 g/mol. The van der Waals surface area contributed by atoms with E-state index in [1.807, 2.05) is 0 Å². The van der Waals surface area contributed by atoms with Gasteiger partial charge in [-0.1, -0.05) is 178 Å². The minimum Gasteiger partial charge on any atom is -0.309 e. The molecular weight excluding hydrogens is 675 g/mol. The van der Waals surface area contributed by atoms with Crippen molar-refractivity contribution in [3.63, 3.8) is 0 Å². The van der Waals surface area contributed by atoms with Crippen molar-refractivity contribution in [3.05, 3.63) is 211 Å². The zero-order valence-corrected chi connectivity index (χ0v) is 31.9. The highest BCUT2D eigenvalue weighted by molar-refractivity contribution is 6.10. The summed E-state index contributed by atoms with van der Waals surface area (Å²) in [6.07, 6.45) is 2.09. The Balaban J connectivity index is 1.18. The highest BCUT2D eigenvalue weighted by Crippen LogP contribution is 2.59. The summed E-state index contributed by atoms with van der Waals surface area (Å²) in [6, 6.07) is 73.9. The molecule has 56 heavy (non-hydrogen) atoms. The molecule has 9 aromatic rings. The molecule has 0 saturated carbocycles. The molecule has 268 valence electrons. The van der Waals surface area contributed by atoms with Gasteiger partial charge in [-0.15, -0.1) is 0 Å². The first-order valence-electron chi connectivity index (χ1n) is 20.0. The van der Waals surface area contributed by atoms with E-state index < -0.39 is 0 Å². The Morgan fingerprint density at radius 2 is 0.893 bits per heavy atom. The van der Waals surface area contributed by atoms with Gasteiger partial charge in [-0.3, -0.25) is 0 Å². The maximum atomic E-state index is 2.52. The number of nitrogens with zero attached hydrogens (tertiary/aromatic N) is 1. The molecule has 1 aliphatic rings. The minimum absolute atomic E-state index is 0.0517. The SMILES string of the molecule is CCC1(CC)c2ccccc2-c2c1cc1ccccc1c2N(c1ccc(-c2ccccc2)cc1)c1ccc(-c2ccccc2-c2ccc3ccccc3c2)cc1. The smallest absolute Gasteiger partial charge is 0.0621 e. The second-order valence-electron chi connectivity index (χ2n) is 15.1. The van der Waals surface area contributed by atoms with Crippen molar-refractivity contribution in [2.45, 2.75) is 32.1 Å². The summed E-state index contributed by atoms with van der Waals surface area (Å²) in [5, 5.41) is 5.03. The van der Waals surface area contributed by atoms with Crippen LogP contribution in [0.4, 0.5) is 17.1 Å². The van der Waals surface area contributed by atoms with Gasteiger partial charge in [-0.2, -0.15) is 0 Å². The lowest BCUT2D eigenvalue weighted by Gasteiger charge is -2.32. The summed E-state index contributed by atoms with van der Waals surface area (Å²) in [5.41, 5.74) is 16.3. The summed E-state index contributed by atoms with van der Waals surface area (Å²) in [4.78, 5) is 2.52. The van der Waals surface area contributed by atoms with E-state index in [1.165, 1.54) is 82.9 Å². The van der Waals surface area contributed by atoms with Gasteiger partial charge in [0, 0.05) is 27.7 Å². The van der Waals surface area contributed by atoms with Crippen LogP contribution in [-0.4, -0.2) is 0 Å². The van der Waals surface area contributed by atoms with E-state index >= 15 is 0 Å². The highest BCUT2D eigenvalue weighted by Gasteiger charge is 2.43. The Bertz CT molecular complexity index is 2860. The summed E-state index contributed by atoms with van der Waals surface area (Å²) in [6.45, 7) is 4.72. The number of anilines is 3. The van der Waals surface area contributed by atoms with Crippen LogP contribution in [-0.2, 0) is 5.41 Å². The highest BCUT2D eigenvalue weighted by atomic mass is 15.1. The van der Waals surface area contributed by atoms with Gasteiger partial charge in [0.1, 0.15) is 0 Å². The summed E-state index contributed by atoms with van der Waals surface area (Å²) in [5.74, 6) is 0. The molecule has 0 atom stereocenters. The predicted molar refractivity (Wildman–Crippen MR) is 239 cm³/mol. The van der Waals surface area contributed by atoms with Gasteiger partial charge in [0.05, 0.1) is 5.69 Å². The van der Waals surface area contributed by atoms with Crippen molar-refractivity contribution in [2.75, 3.05) is 4.90 Å². The first-order chi connectivity index (χ1) is 27.7. The maximum Gasteiger partial charge on any atom is 0.0621 e. The topological polar surface area (TPSA) is 3.24 Å². The molecule has 1 nitrogen and oxygen atoms in total. The van der Waals surface area contributed by atoms with Gasteiger partial charge in [-0.05, 0) is 115 Å². The van der Waals surface area contributed by atoms with E-state index in [2.05, 4.69) is 219 Å². The molecule has 1 heteroatoms. The fraction of sp³-hybridized carbons (Fsp3) is 0.0909. The largest absolute Gasteiger partial charge is 0.309 e. The first kappa shape index (κ1) is 33.8. The molecule has 0 N–H and O–H groups in total. The molecule has 10 rings (SSSR count). The predicted octanol–water partition coefficient (Wildman–Crippen LogP) is 15.6. The number of hydrogen-bond donors (Lipinski definition) is 0. The fourth-order valence-corrected chi connectivity index (χ4v) is 9.46. The average molecular weight is 718 g/mol. The lowest BCUT2D eigenvalue weighted by Crippen LogP contribution is -2.23. The van der Waals surface area contributed by atoms with Crippen LogP contribution in [0.3, 0.4) is 0 Å². The lowest BCUT2D eigenvalue weighted by atomic mass is 9.73. The lowest BCUT2D eigenvalue weighted by molar-refractivity contribution is 0.491. The molecule has 0 amide bonds. The van der Waals surface area contributed by atoms with E-state index in [-0.39, 0.29) is 5.41 Å². The number of benzene rings is 9. The third-order valence-electron chi connectivity index (χ3n) is 12.3. The molecule has 9 aromatic carbocycles. The quantitative estimate of drug-likeness (QED) is 0.151. The summed E-state index contributed by atoms with van der Waals surface area (Å²) in [7, 11) is 0. The van der Waals surface area contributed by atoms with Crippen molar-refractivity contribution in [3.8, 4) is 44.5 Å². The number of fused-ring (bicyclic) bond motifs is 5. The van der Waals surface area contributed by atoms with Crippen LogP contribution in [0, 0.1) is 0 Å². The van der Waals surface area contributed by atoms with Gasteiger partial charge < -0.3 is 4.90 Å². The Hall–Kier alpha value is -6.70. The normalized spacial score (nSPS) is 12.8. The summed E-state index contributed by atoms with van der Waals surface area (Å²) < 4.78 is 0. The fourth-order valence-electron chi connectivity index (χ4n) is 9.46. The van der Waals surface area contributed by atoms with E-state index in [0.717, 1.165) is 24.2 Å². The molecule has 0 heterocycles. The molecule has 0 radical (unpaired) electrons. The molecule has 0 fully saturated rings. The van der Waals surface area contributed by atoms with Gasteiger partial charge >= 0.3 is 0 Å². The van der Waals surface area contributed by atoms with Crippen LogP contribution < -0.4 is 4.90 Å². The molecule has 0 bridgehead atoms. The van der Waals surface area contributed by atoms with Gasteiger partial charge in [-0.25, -0.2) is 0 Å². The van der Waals surface area contributed by atoms with Crippen molar-refractivity contribution in [1.82, 2.24) is 0 Å². The molecule has 1 aliphatic carbocycles.